The Hall–Kier alpha value is -5.95. The van der Waals surface area contributed by atoms with Gasteiger partial charge in [-0.15, -0.1) is 10.2 Å². The van der Waals surface area contributed by atoms with Crippen LogP contribution in [0.5, 0.6) is 23.3 Å². The van der Waals surface area contributed by atoms with Crippen LogP contribution in [-0.4, -0.2) is 45.4 Å². The van der Waals surface area contributed by atoms with E-state index in [-0.39, 0.29) is 44.3 Å². The monoisotopic (exact) mass is 795 g/mol. The predicted octanol–water partition coefficient (Wildman–Crippen LogP) is 9.06. The van der Waals surface area contributed by atoms with Crippen molar-refractivity contribution in [2.75, 3.05) is 0 Å². The van der Waals surface area contributed by atoms with Crippen LogP contribution in [0.25, 0.3) is 0 Å². The average Bonchev–Trinajstić information content (AvgIpc) is 3.78. The minimum Gasteiger partial charge on any atom is -0.437 e. The van der Waals surface area contributed by atoms with Gasteiger partial charge in [-0.05, 0) is 45.0 Å². The number of halogens is 4. The summed E-state index contributed by atoms with van der Waals surface area (Å²) in [6, 6.07) is 17.1. The van der Waals surface area contributed by atoms with Gasteiger partial charge in [0.2, 0.25) is 17.5 Å². The maximum Gasteiger partial charge on any atom is 0.311 e. The maximum atomic E-state index is 10.8. The smallest absolute Gasteiger partial charge is 0.311 e. The van der Waals surface area contributed by atoms with E-state index in [1.165, 1.54) is 60.7 Å². The minimum atomic E-state index is -0.557. The van der Waals surface area contributed by atoms with Gasteiger partial charge in [0, 0.05) is 75.7 Å². The lowest BCUT2D eigenvalue weighted by molar-refractivity contribution is -0.385. The Balaban J connectivity index is 0.000000196. The summed E-state index contributed by atoms with van der Waals surface area (Å²) in [6.45, 7) is 5.45. The van der Waals surface area contributed by atoms with Crippen LogP contribution in [0.1, 0.15) is 17.1 Å². The molecule has 0 spiro atoms. The number of aromatic amines is 4. The SMILES string of the molecule is Cc1cc(=O)[nH][nH]1.Cc1cc(Oc2cc(Cl)ccc2[N+](=O)[O-])n[nH]1.Cc1cc(Oc2ccc([N+](=O)[O-])c(Cl)c2)n[nH]1.O=[N+]([O-])c1ccc(Cl)cc1Cl. The van der Waals surface area contributed by atoms with E-state index in [0.29, 0.717) is 21.7 Å². The Kier molecular flexibility index (Phi) is 14.7. The molecule has 3 heterocycles. The number of nitrogens with one attached hydrogen (secondary N) is 4. The van der Waals surface area contributed by atoms with Crippen molar-refractivity contribution < 1.29 is 24.2 Å². The molecule has 18 nitrogen and oxygen atoms in total. The average molecular weight is 797 g/mol. The van der Waals surface area contributed by atoms with Crippen LogP contribution in [0.15, 0.2) is 77.6 Å². The van der Waals surface area contributed by atoms with Crippen molar-refractivity contribution in [1.82, 2.24) is 30.6 Å². The lowest BCUT2D eigenvalue weighted by Crippen LogP contribution is -1.93. The number of aromatic nitrogens is 6. The van der Waals surface area contributed by atoms with Crippen molar-refractivity contribution in [2.24, 2.45) is 0 Å². The standard InChI is InChI=1S/2C10H8ClN3O3.C6H3Cl2NO2.C4H6N2O/c1-6-4-10(13-12-6)17-7-2-3-9(14(15)16)8(11)5-7;1-6-4-10(13-12-6)17-9-5-7(11)2-3-8(9)14(15)16;7-4-1-2-6(9(10)11)5(8)3-4;1-3-2-4(7)6-5-3/h2*2-5H,1H3,(H,12,13);1-3H;2H,1H3,(H2,5,6,7). The fourth-order valence-corrected chi connectivity index (χ4v) is 4.48. The highest BCUT2D eigenvalue weighted by Crippen LogP contribution is 2.33. The number of nitrogens with zero attached hydrogens (tertiary/aromatic N) is 5. The van der Waals surface area contributed by atoms with Crippen LogP contribution in [-0.2, 0) is 0 Å². The highest BCUT2D eigenvalue weighted by atomic mass is 35.5. The zero-order chi connectivity index (χ0) is 38.5. The summed E-state index contributed by atoms with van der Waals surface area (Å²) in [6.07, 6.45) is 0. The topological polar surface area (TPSA) is 254 Å². The Morgan fingerprint density at radius 2 is 1.06 bits per heavy atom. The number of nitro benzene ring substituents is 3. The fourth-order valence-electron chi connectivity index (χ4n) is 3.60. The molecule has 0 fully saturated rings. The first-order valence-corrected chi connectivity index (χ1v) is 15.6. The van der Waals surface area contributed by atoms with Gasteiger partial charge in [-0.3, -0.25) is 50.4 Å². The normalized spacial score (nSPS) is 9.98. The van der Waals surface area contributed by atoms with Crippen molar-refractivity contribution in [3.8, 4) is 23.3 Å². The molecular formula is C30H25Cl4N9O9. The summed E-state index contributed by atoms with van der Waals surface area (Å²) in [5.41, 5.74) is 2.00. The third-order valence-electron chi connectivity index (χ3n) is 5.87. The van der Waals surface area contributed by atoms with Crippen molar-refractivity contribution in [1.29, 1.82) is 0 Å². The molecule has 0 unspecified atom stereocenters. The number of benzene rings is 3. The Morgan fingerprint density at radius 1 is 0.577 bits per heavy atom. The van der Waals surface area contributed by atoms with Crippen molar-refractivity contribution in [2.45, 2.75) is 20.8 Å². The van der Waals surface area contributed by atoms with Gasteiger partial charge >= 0.3 is 5.69 Å². The van der Waals surface area contributed by atoms with E-state index >= 15 is 0 Å². The molecule has 0 atom stereocenters. The molecule has 3 aromatic carbocycles. The van der Waals surface area contributed by atoms with E-state index < -0.39 is 14.8 Å². The number of nitro groups is 3. The molecule has 0 saturated heterocycles. The number of ether oxygens (including phenoxy) is 2. The molecule has 0 aliphatic heterocycles. The number of aryl methyl sites for hydroxylation is 3. The summed E-state index contributed by atoms with van der Waals surface area (Å²) in [5.74, 6) is 1.10. The van der Waals surface area contributed by atoms with E-state index in [2.05, 4.69) is 30.6 Å². The van der Waals surface area contributed by atoms with Gasteiger partial charge in [0.15, 0.2) is 0 Å². The molecule has 6 aromatic rings. The number of hydrogen-bond donors (Lipinski definition) is 4. The van der Waals surface area contributed by atoms with E-state index in [9.17, 15) is 35.1 Å². The lowest BCUT2D eigenvalue weighted by Gasteiger charge is -2.03. The van der Waals surface area contributed by atoms with Gasteiger partial charge < -0.3 is 14.6 Å². The molecular weight excluding hydrogens is 772 g/mol. The van der Waals surface area contributed by atoms with E-state index in [1.54, 1.807) is 19.1 Å². The Labute approximate surface area is 312 Å². The molecule has 52 heavy (non-hydrogen) atoms. The zero-order valence-corrected chi connectivity index (χ0v) is 29.9. The molecule has 3 aromatic heterocycles. The third kappa shape index (κ3) is 12.7. The molecule has 0 aliphatic rings. The number of H-pyrrole nitrogens is 4. The summed E-state index contributed by atoms with van der Waals surface area (Å²) in [5, 5.41) is 50.5. The second kappa shape index (κ2) is 18.9. The van der Waals surface area contributed by atoms with E-state index in [0.717, 1.165) is 17.1 Å². The molecule has 0 bridgehead atoms. The lowest BCUT2D eigenvalue weighted by atomic mass is 10.3. The zero-order valence-electron chi connectivity index (χ0n) is 26.9. The number of rotatable bonds is 7. The third-order valence-corrected chi connectivity index (χ3v) is 6.95. The van der Waals surface area contributed by atoms with Crippen LogP contribution in [0.2, 0.25) is 20.1 Å². The first kappa shape index (κ1) is 40.5. The predicted molar refractivity (Wildman–Crippen MR) is 192 cm³/mol. The van der Waals surface area contributed by atoms with Gasteiger partial charge in [0.05, 0.1) is 14.8 Å². The maximum absolute atomic E-state index is 10.8. The minimum absolute atomic E-state index is 0.0276. The molecule has 0 saturated carbocycles. The molecule has 272 valence electrons. The van der Waals surface area contributed by atoms with Gasteiger partial charge in [0.1, 0.15) is 15.8 Å². The van der Waals surface area contributed by atoms with Crippen LogP contribution < -0.4 is 15.0 Å². The second-order valence-electron chi connectivity index (χ2n) is 10.0. The molecule has 4 N–H and O–H groups in total. The Morgan fingerprint density at radius 3 is 1.46 bits per heavy atom. The first-order chi connectivity index (χ1) is 24.5. The van der Waals surface area contributed by atoms with Crippen molar-refractivity contribution >= 4 is 63.5 Å². The molecule has 6 rings (SSSR count). The van der Waals surface area contributed by atoms with Gasteiger partial charge in [-0.2, -0.15) is 0 Å². The first-order valence-electron chi connectivity index (χ1n) is 14.1. The van der Waals surface area contributed by atoms with E-state index in [1.807, 2.05) is 13.8 Å². The molecule has 0 amide bonds. The van der Waals surface area contributed by atoms with Crippen LogP contribution >= 0.6 is 46.4 Å². The molecule has 0 radical (unpaired) electrons. The second-order valence-corrected chi connectivity index (χ2v) is 11.7. The quantitative estimate of drug-likeness (QED) is 0.0875. The summed E-state index contributed by atoms with van der Waals surface area (Å²) < 4.78 is 10.7. The highest BCUT2D eigenvalue weighted by Gasteiger charge is 2.17. The number of hydrogen-bond acceptors (Lipinski definition) is 11. The molecule has 0 aliphatic carbocycles. The largest absolute Gasteiger partial charge is 0.437 e. The van der Waals surface area contributed by atoms with Gasteiger partial charge in [0.25, 0.3) is 16.9 Å². The summed E-state index contributed by atoms with van der Waals surface area (Å²) in [7, 11) is 0. The van der Waals surface area contributed by atoms with Gasteiger partial charge in [-0.25, -0.2) is 0 Å². The fraction of sp³-hybridized carbons (Fsp3) is 0.100. The van der Waals surface area contributed by atoms with Crippen LogP contribution in [0, 0.1) is 51.1 Å². The highest BCUT2D eigenvalue weighted by molar-refractivity contribution is 6.36. The molecule has 22 heteroatoms. The Bertz CT molecular complexity index is 2240. The van der Waals surface area contributed by atoms with E-state index in [4.69, 9.17) is 55.9 Å². The van der Waals surface area contributed by atoms with Crippen LogP contribution in [0.4, 0.5) is 17.1 Å². The summed E-state index contributed by atoms with van der Waals surface area (Å²) >= 11 is 22.5. The van der Waals surface area contributed by atoms with Crippen molar-refractivity contribution in [3.05, 3.63) is 151 Å². The van der Waals surface area contributed by atoms with Gasteiger partial charge in [-0.1, -0.05) is 46.4 Å². The van der Waals surface area contributed by atoms with Crippen molar-refractivity contribution in [3.63, 3.8) is 0 Å². The summed E-state index contributed by atoms with van der Waals surface area (Å²) in [4.78, 5) is 40.1. The van der Waals surface area contributed by atoms with Crippen LogP contribution in [0.3, 0.4) is 0 Å².